The molecule has 1 aromatic heterocycles. The van der Waals surface area contributed by atoms with Gasteiger partial charge in [0.25, 0.3) is 0 Å². The summed E-state index contributed by atoms with van der Waals surface area (Å²) < 4.78 is 8.57. The van der Waals surface area contributed by atoms with Crippen LogP contribution >= 0.6 is 0 Å². The molecule has 0 bridgehead atoms. The van der Waals surface area contributed by atoms with Crippen LogP contribution in [0.25, 0.3) is 21.5 Å². The zero-order valence-corrected chi connectivity index (χ0v) is 26.2. The number of carbonyl (C=O) groups is 1. The number of aryl methyl sites for hydroxylation is 2. The first kappa shape index (κ1) is 29.8. The highest BCUT2D eigenvalue weighted by Gasteiger charge is 2.30. The van der Waals surface area contributed by atoms with Gasteiger partial charge in [-0.3, -0.25) is 4.79 Å². The number of piperidine rings is 1. The molecule has 7 rings (SSSR count). The van der Waals surface area contributed by atoms with E-state index >= 15 is 0 Å². The first-order valence-corrected chi connectivity index (χ1v) is 16.1. The van der Waals surface area contributed by atoms with E-state index in [9.17, 15) is 4.79 Å². The van der Waals surface area contributed by atoms with Crippen molar-refractivity contribution < 1.29 is 9.53 Å². The summed E-state index contributed by atoms with van der Waals surface area (Å²) in [4.78, 5) is 14.7. The summed E-state index contributed by atoms with van der Waals surface area (Å²) in [6.07, 6.45) is 3.67. The molecule has 7 nitrogen and oxygen atoms in total. The van der Waals surface area contributed by atoms with Gasteiger partial charge in [-0.05, 0) is 81.9 Å². The van der Waals surface area contributed by atoms with Crippen LogP contribution in [0.1, 0.15) is 41.6 Å². The smallest absolute Gasteiger partial charge is 0.224 e. The molecule has 7 heteroatoms. The Morgan fingerprint density at radius 2 is 1.57 bits per heavy atom. The Hall–Kier alpha value is -4.85. The predicted molar refractivity (Wildman–Crippen MR) is 184 cm³/mol. The highest BCUT2D eigenvalue weighted by molar-refractivity contribution is 5.92. The van der Waals surface area contributed by atoms with Crippen molar-refractivity contribution in [3.05, 3.63) is 138 Å². The Bertz CT molecular complexity index is 1970. The Labute approximate surface area is 269 Å². The summed E-state index contributed by atoms with van der Waals surface area (Å²) in [6, 6.07) is 38.0. The van der Waals surface area contributed by atoms with Crippen LogP contribution in [0, 0.1) is 0 Å². The minimum Gasteiger partial charge on any atom is -0.372 e. The molecule has 46 heavy (non-hydrogen) atoms. The monoisotopic (exact) mass is 609 g/mol. The van der Waals surface area contributed by atoms with Crippen molar-refractivity contribution in [2.45, 2.75) is 51.5 Å². The van der Waals surface area contributed by atoms with Crippen molar-refractivity contribution in [3.8, 4) is 0 Å². The van der Waals surface area contributed by atoms with Gasteiger partial charge in [-0.25, -0.2) is 4.68 Å². The second kappa shape index (κ2) is 13.6. The lowest BCUT2D eigenvalue weighted by molar-refractivity contribution is -0.116. The molecule has 0 spiro atoms. The average molecular weight is 610 g/mol. The van der Waals surface area contributed by atoms with E-state index < -0.39 is 0 Å². The van der Waals surface area contributed by atoms with E-state index in [1.807, 2.05) is 40.0 Å². The van der Waals surface area contributed by atoms with E-state index in [-0.39, 0.29) is 17.9 Å². The summed E-state index contributed by atoms with van der Waals surface area (Å²) >= 11 is 0. The number of aromatic nitrogens is 3. The van der Waals surface area contributed by atoms with Gasteiger partial charge in [-0.15, -0.1) is 5.10 Å². The minimum atomic E-state index is 0.0181. The number of benzene rings is 5. The molecule has 0 saturated carbocycles. The second-order valence-electron chi connectivity index (χ2n) is 12.2. The molecule has 0 aliphatic carbocycles. The van der Waals surface area contributed by atoms with Crippen molar-refractivity contribution >= 4 is 33.1 Å². The van der Waals surface area contributed by atoms with E-state index in [4.69, 9.17) is 4.74 Å². The SMILES string of the molecule is CC(=O)N(Cc1ccc2ccccc2c1)c1cccc(CCn2nncc2[C@@H]2CCNC[C@H]2OCc2ccc3ccccc3c2)c1. The van der Waals surface area contributed by atoms with Gasteiger partial charge in [0.05, 0.1) is 31.1 Å². The first-order chi connectivity index (χ1) is 22.6. The van der Waals surface area contributed by atoms with Crippen LogP contribution in [0.5, 0.6) is 0 Å². The number of nitrogens with one attached hydrogen (secondary N) is 1. The number of amides is 1. The third-order valence-corrected chi connectivity index (χ3v) is 9.10. The topological polar surface area (TPSA) is 72.3 Å². The molecule has 2 atom stereocenters. The average Bonchev–Trinajstić information content (AvgIpc) is 3.57. The minimum absolute atomic E-state index is 0.0181. The molecule has 1 saturated heterocycles. The summed E-state index contributed by atoms with van der Waals surface area (Å²) in [5.74, 6) is 0.225. The first-order valence-electron chi connectivity index (χ1n) is 16.1. The molecule has 2 heterocycles. The van der Waals surface area contributed by atoms with Gasteiger partial charge < -0.3 is 15.0 Å². The number of nitrogens with zero attached hydrogens (tertiary/aromatic N) is 4. The van der Waals surface area contributed by atoms with Gasteiger partial charge in [-0.2, -0.15) is 0 Å². The third kappa shape index (κ3) is 6.71. The molecule has 0 unspecified atom stereocenters. The van der Waals surface area contributed by atoms with Crippen molar-refractivity contribution in [2.75, 3.05) is 18.0 Å². The third-order valence-electron chi connectivity index (χ3n) is 9.10. The Morgan fingerprint density at radius 3 is 2.33 bits per heavy atom. The van der Waals surface area contributed by atoms with Gasteiger partial charge in [0.15, 0.2) is 0 Å². The highest BCUT2D eigenvalue weighted by atomic mass is 16.5. The number of hydrogen-bond donors (Lipinski definition) is 1. The molecular weight excluding hydrogens is 570 g/mol. The van der Waals surface area contributed by atoms with Crippen molar-refractivity contribution in [2.24, 2.45) is 0 Å². The fourth-order valence-electron chi connectivity index (χ4n) is 6.62. The van der Waals surface area contributed by atoms with Gasteiger partial charge in [-0.1, -0.05) is 90.1 Å². The number of hydrogen-bond acceptors (Lipinski definition) is 5. The normalized spacial score (nSPS) is 16.5. The Morgan fingerprint density at radius 1 is 0.848 bits per heavy atom. The molecule has 1 aliphatic heterocycles. The van der Waals surface area contributed by atoms with Gasteiger partial charge in [0.2, 0.25) is 5.91 Å². The maximum absolute atomic E-state index is 12.8. The van der Waals surface area contributed by atoms with E-state index in [0.29, 0.717) is 19.7 Å². The Balaban J connectivity index is 1.03. The van der Waals surface area contributed by atoms with Gasteiger partial charge in [0, 0.05) is 31.6 Å². The zero-order chi connectivity index (χ0) is 31.3. The van der Waals surface area contributed by atoms with Crippen molar-refractivity contribution in [1.29, 1.82) is 0 Å². The molecule has 5 aromatic carbocycles. The summed E-state index contributed by atoms with van der Waals surface area (Å²) in [5, 5.41) is 17.2. The van der Waals surface area contributed by atoms with Crippen LogP contribution in [0.3, 0.4) is 0 Å². The van der Waals surface area contributed by atoms with Crippen LogP contribution in [0.2, 0.25) is 0 Å². The molecule has 0 radical (unpaired) electrons. The van der Waals surface area contributed by atoms with Gasteiger partial charge in [0.1, 0.15) is 0 Å². The molecule has 1 amide bonds. The molecule has 1 fully saturated rings. The van der Waals surface area contributed by atoms with Crippen LogP contribution < -0.4 is 10.2 Å². The lowest BCUT2D eigenvalue weighted by atomic mass is 9.91. The van der Waals surface area contributed by atoms with E-state index in [1.54, 1.807) is 6.92 Å². The predicted octanol–water partition coefficient (Wildman–Crippen LogP) is 7.04. The van der Waals surface area contributed by atoms with Crippen molar-refractivity contribution in [3.63, 3.8) is 0 Å². The zero-order valence-electron chi connectivity index (χ0n) is 26.2. The van der Waals surface area contributed by atoms with Crippen LogP contribution in [0.4, 0.5) is 5.69 Å². The molecule has 1 N–H and O–H groups in total. The van der Waals surface area contributed by atoms with E-state index in [0.717, 1.165) is 48.4 Å². The van der Waals surface area contributed by atoms with E-state index in [1.165, 1.54) is 27.1 Å². The van der Waals surface area contributed by atoms with Gasteiger partial charge >= 0.3 is 0 Å². The van der Waals surface area contributed by atoms with E-state index in [2.05, 4.69) is 101 Å². The molecule has 1 aliphatic rings. The molecule has 232 valence electrons. The molecular formula is C39H39N5O2. The summed E-state index contributed by atoms with van der Waals surface area (Å²) in [6.45, 7) is 5.15. The Kier molecular flexibility index (Phi) is 8.85. The quantitative estimate of drug-likeness (QED) is 0.180. The number of rotatable bonds is 10. The van der Waals surface area contributed by atoms with Crippen LogP contribution in [0.15, 0.2) is 115 Å². The van der Waals surface area contributed by atoms with Crippen LogP contribution in [-0.4, -0.2) is 40.1 Å². The molecule has 6 aromatic rings. The van der Waals surface area contributed by atoms with Crippen LogP contribution in [-0.2, 0) is 35.6 Å². The number of ether oxygens (including phenoxy) is 1. The maximum Gasteiger partial charge on any atom is 0.224 e. The summed E-state index contributed by atoms with van der Waals surface area (Å²) in [5.41, 5.74) is 5.44. The lowest BCUT2D eigenvalue weighted by Crippen LogP contribution is -2.41. The second-order valence-corrected chi connectivity index (χ2v) is 12.2. The number of carbonyl (C=O) groups excluding carboxylic acids is 1. The summed E-state index contributed by atoms with van der Waals surface area (Å²) in [7, 11) is 0. The fraction of sp³-hybridized carbons (Fsp3) is 0.256. The lowest BCUT2D eigenvalue weighted by Gasteiger charge is -2.32. The standard InChI is InChI=1S/C39H39N5O2/c1-28(45)43(26-30-13-15-32-8-2-4-10-34(32)21-30)36-12-6-7-29(23-36)18-20-44-38(24-41-42-44)37-17-19-40-25-39(37)46-27-31-14-16-33-9-3-5-11-35(33)22-31/h2-16,21-24,37,39-40H,17-20,25-27H2,1H3/t37-,39+/m0/s1. The van der Waals surface area contributed by atoms with Crippen molar-refractivity contribution in [1.82, 2.24) is 20.3 Å². The largest absolute Gasteiger partial charge is 0.372 e. The number of anilines is 1. The maximum atomic E-state index is 12.8. The fourth-order valence-corrected chi connectivity index (χ4v) is 6.62. The number of fused-ring (bicyclic) bond motifs is 2. The highest BCUT2D eigenvalue weighted by Crippen LogP contribution is 2.29.